The van der Waals surface area contributed by atoms with Crippen LogP contribution in [-0.2, 0) is 6.54 Å². The highest BCUT2D eigenvalue weighted by Gasteiger charge is 2.24. The summed E-state index contributed by atoms with van der Waals surface area (Å²) in [7, 11) is 4.33. The number of likely N-dealkylation sites (tertiary alicyclic amines) is 1. The van der Waals surface area contributed by atoms with Gasteiger partial charge < -0.3 is 10.6 Å². The minimum Gasteiger partial charge on any atom is -0.320 e. The average molecular weight is 263 g/mol. The molecule has 1 fully saturated rings. The molecule has 0 saturated carbocycles. The lowest BCUT2D eigenvalue weighted by molar-refractivity contribution is 0.266. The first-order valence-corrected chi connectivity index (χ1v) is 7.22. The number of hydrogen-bond donors (Lipinski definition) is 1. The lowest BCUT2D eigenvalue weighted by Crippen LogP contribution is -2.31. The van der Waals surface area contributed by atoms with Gasteiger partial charge in [-0.15, -0.1) is 11.3 Å². The average Bonchev–Trinajstić information content (AvgIpc) is 2.96. The summed E-state index contributed by atoms with van der Waals surface area (Å²) in [5.74, 6) is 6.10. The van der Waals surface area contributed by atoms with Crippen LogP contribution < -0.4 is 5.73 Å². The minimum absolute atomic E-state index is 0.432. The van der Waals surface area contributed by atoms with E-state index in [1.165, 1.54) is 17.8 Å². The fourth-order valence-corrected chi connectivity index (χ4v) is 3.17. The zero-order chi connectivity index (χ0) is 13.0. The van der Waals surface area contributed by atoms with Crippen molar-refractivity contribution in [2.24, 2.45) is 5.73 Å². The molecule has 18 heavy (non-hydrogen) atoms. The van der Waals surface area contributed by atoms with E-state index in [2.05, 4.69) is 47.2 Å². The van der Waals surface area contributed by atoms with Crippen molar-refractivity contribution in [2.45, 2.75) is 19.0 Å². The van der Waals surface area contributed by atoms with Crippen LogP contribution in [0.25, 0.3) is 0 Å². The molecule has 0 spiro atoms. The van der Waals surface area contributed by atoms with Crippen LogP contribution in [0.5, 0.6) is 0 Å². The zero-order valence-electron chi connectivity index (χ0n) is 11.1. The summed E-state index contributed by atoms with van der Waals surface area (Å²) in [6.45, 7) is 3.80. The predicted octanol–water partition coefficient (Wildman–Crippen LogP) is 1.19. The number of likely N-dealkylation sites (N-methyl/N-ethyl adjacent to an activating group) is 1. The maximum absolute atomic E-state index is 5.42. The first kappa shape index (κ1) is 13.6. The molecule has 2 heterocycles. The first-order valence-electron chi connectivity index (χ1n) is 6.34. The minimum atomic E-state index is 0.432. The maximum atomic E-state index is 5.42. The summed E-state index contributed by atoms with van der Waals surface area (Å²) < 4.78 is 0. The molecule has 1 aromatic heterocycles. The van der Waals surface area contributed by atoms with E-state index in [0.29, 0.717) is 12.6 Å². The Hall–Kier alpha value is -0.860. The van der Waals surface area contributed by atoms with Gasteiger partial charge in [0.1, 0.15) is 0 Å². The van der Waals surface area contributed by atoms with Crippen LogP contribution in [0.2, 0.25) is 0 Å². The number of nitrogens with two attached hydrogens (primary N) is 1. The van der Waals surface area contributed by atoms with Crippen LogP contribution in [0.1, 0.15) is 16.9 Å². The van der Waals surface area contributed by atoms with E-state index in [4.69, 9.17) is 5.73 Å². The Morgan fingerprint density at radius 3 is 3.06 bits per heavy atom. The van der Waals surface area contributed by atoms with Crippen LogP contribution in [0.3, 0.4) is 0 Å². The molecule has 0 aromatic carbocycles. The molecule has 4 heteroatoms. The molecule has 3 nitrogen and oxygen atoms in total. The Morgan fingerprint density at radius 1 is 1.56 bits per heavy atom. The molecule has 1 aliphatic heterocycles. The Bertz CT molecular complexity index is 441. The molecule has 1 aromatic rings. The lowest BCUT2D eigenvalue weighted by atomic mass is 10.2. The van der Waals surface area contributed by atoms with E-state index in [0.717, 1.165) is 18.7 Å². The van der Waals surface area contributed by atoms with Crippen molar-refractivity contribution in [1.82, 2.24) is 9.80 Å². The molecule has 1 unspecified atom stereocenters. The third-order valence-electron chi connectivity index (χ3n) is 3.42. The van der Waals surface area contributed by atoms with Crippen LogP contribution in [-0.4, -0.2) is 49.6 Å². The van der Waals surface area contributed by atoms with Crippen molar-refractivity contribution < 1.29 is 0 Å². The molecule has 1 atom stereocenters. The summed E-state index contributed by atoms with van der Waals surface area (Å²) >= 11 is 1.80. The van der Waals surface area contributed by atoms with E-state index in [1.54, 1.807) is 11.3 Å². The number of thiophene rings is 1. The third-order valence-corrected chi connectivity index (χ3v) is 4.32. The second kappa shape index (κ2) is 6.35. The van der Waals surface area contributed by atoms with E-state index < -0.39 is 0 Å². The van der Waals surface area contributed by atoms with Crippen LogP contribution in [0.4, 0.5) is 0 Å². The van der Waals surface area contributed by atoms with Crippen LogP contribution in [0.15, 0.2) is 11.4 Å². The maximum Gasteiger partial charge on any atom is 0.0555 e. The van der Waals surface area contributed by atoms with Gasteiger partial charge in [0.25, 0.3) is 0 Å². The highest BCUT2D eigenvalue weighted by molar-refractivity contribution is 7.10. The molecule has 0 amide bonds. The topological polar surface area (TPSA) is 32.5 Å². The Morgan fingerprint density at radius 2 is 2.39 bits per heavy atom. The van der Waals surface area contributed by atoms with Gasteiger partial charge in [-0.1, -0.05) is 11.8 Å². The Kier molecular flexibility index (Phi) is 4.79. The molecular formula is C14H21N3S. The summed E-state index contributed by atoms with van der Waals surface area (Å²) in [4.78, 5) is 6.21. The van der Waals surface area contributed by atoms with Gasteiger partial charge in [-0.3, -0.25) is 4.90 Å². The highest BCUT2D eigenvalue weighted by atomic mass is 32.1. The molecule has 2 rings (SSSR count). The van der Waals surface area contributed by atoms with Crippen LogP contribution >= 0.6 is 11.3 Å². The second-order valence-corrected chi connectivity index (χ2v) is 5.91. The van der Waals surface area contributed by atoms with Crippen LogP contribution in [0, 0.1) is 11.8 Å². The summed E-state index contributed by atoms with van der Waals surface area (Å²) in [5.41, 5.74) is 6.58. The van der Waals surface area contributed by atoms with Gasteiger partial charge >= 0.3 is 0 Å². The molecule has 0 bridgehead atoms. The van der Waals surface area contributed by atoms with Crippen molar-refractivity contribution in [3.8, 4) is 11.8 Å². The first-order chi connectivity index (χ1) is 8.70. The van der Waals surface area contributed by atoms with E-state index in [9.17, 15) is 0 Å². The van der Waals surface area contributed by atoms with Gasteiger partial charge in [0.15, 0.2) is 0 Å². The molecule has 1 saturated heterocycles. The predicted molar refractivity (Wildman–Crippen MR) is 77.6 cm³/mol. The van der Waals surface area contributed by atoms with Crippen molar-refractivity contribution >= 4 is 11.3 Å². The Balaban J connectivity index is 1.96. The monoisotopic (exact) mass is 263 g/mol. The van der Waals surface area contributed by atoms with E-state index >= 15 is 0 Å². The summed E-state index contributed by atoms with van der Waals surface area (Å²) in [6, 6.07) is 2.80. The second-order valence-electron chi connectivity index (χ2n) is 4.90. The molecule has 98 valence electrons. The number of nitrogens with zero attached hydrogens (tertiary/aromatic N) is 2. The van der Waals surface area contributed by atoms with Crippen molar-refractivity contribution in [2.75, 3.05) is 33.7 Å². The van der Waals surface area contributed by atoms with Crippen molar-refractivity contribution in [1.29, 1.82) is 0 Å². The van der Waals surface area contributed by atoms with Gasteiger partial charge in [-0.2, -0.15) is 0 Å². The fourth-order valence-electron chi connectivity index (χ4n) is 2.30. The standard InChI is InChI=1S/C14H21N3S/c1-16(2)13-5-8-17(10-13)11-14-12(4-3-7-15)6-9-18-14/h6,9,13H,5,7-8,10-11,15H2,1-2H3. The van der Waals surface area contributed by atoms with Gasteiger partial charge in [0.05, 0.1) is 6.54 Å². The number of hydrogen-bond acceptors (Lipinski definition) is 4. The molecule has 0 aliphatic carbocycles. The van der Waals surface area contributed by atoms with Gasteiger partial charge in [0, 0.05) is 36.1 Å². The third kappa shape index (κ3) is 3.33. The SMILES string of the molecule is CN(C)C1CCN(Cc2sccc2C#CCN)C1. The molecular weight excluding hydrogens is 242 g/mol. The molecule has 0 radical (unpaired) electrons. The summed E-state index contributed by atoms with van der Waals surface area (Å²) in [6.07, 6.45) is 1.27. The smallest absolute Gasteiger partial charge is 0.0555 e. The van der Waals surface area contributed by atoms with Crippen molar-refractivity contribution in [3.63, 3.8) is 0 Å². The highest BCUT2D eigenvalue weighted by Crippen LogP contribution is 2.21. The largest absolute Gasteiger partial charge is 0.320 e. The van der Waals surface area contributed by atoms with Gasteiger partial charge in [0.2, 0.25) is 0 Å². The molecule has 2 N–H and O–H groups in total. The van der Waals surface area contributed by atoms with Gasteiger partial charge in [-0.25, -0.2) is 0 Å². The van der Waals surface area contributed by atoms with E-state index in [1.807, 2.05) is 0 Å². The van der Waals surface area contributed by atoms with Crippen molar-refractivity contribution in [3.05, 3.63) is 21.9 Å². The quantitative estimate of drug-likeness (QED) is 0.832. The van der Waals surface area contributed by atoms with E-state index in [-0.39, 0.29) is 0 Å². The summed E-state index contributed by atoms with van der Waals surface area (Å²) in [5, 5.41) is 2.12. The zero-order valence-corrected chi connectivity index (χ0v) is 12.0. The number of rotatable bonds is 3. The lowest BCUT2D eigenvalue weighted by Gasteiger charge is -2.20. The van der Waals surface area contributed by atoms with Gasteiger partial charge in [-0.05, 0) is 32.0 Å². The Labute approximate surface area is 114 Å². The fraction of sp³-hybridized carbons (Fsp3) is 0.571. The normalized spacial score (nSPS) is 20.1. The molecule has 1 aliphatic rings.